The molecule has 2 aromatic carbocycles. The molecule has 3 rings (SSSR count). The maximum absolute atomic E-state index is 13.7. The molecule has 2 N–H and O–H groups in total. The molecule has 2 aromatic rings. The van der Waals surface area contributed by atoms with Crippen molar-refractivity contribution < 1.29 is 8.78 Å². The molecule has 0 spiro atoms. The van der Waals surface area contributed by atoms with Gasteiger partial charge in [0.05, 0.1) is 0 Å². The molecule has 1 nitrogen and oxygen atoms in total. The summed E-state index contributed by atoms with van der Waals surface area (Å²) in [6, 6.07) is 11.7. The lowest BCUT2D eigenvalue weighted by Crippen LogP contribution is -2.15. The van der Waals surface area contributed by atoms with E-state index in [1.165, 1.54) is 37.0 Å². The Hall–Kier alpha value is -1.74. The van der Waals surface area contributed by atoms with Crippen LogP contribution in [-0.4, -0.2) is 0 Å². The lowest BCUT2D eigenvalue weighted by molar-refractivity contribution is 0.419. The predicted octanol–water partition coefficient (Wildman–Crippen LogP) is 4.47. The second kappa shape index (κ2) is 5.94. The highest BCUT2D eigenvalue weighted by Crippen LogP contribution is 2.37. The Morgan fingerprint density at radius 3 is 2.57 bits per heavy atom. The van der Waals surface area contributed by atoms with Crippen molar-refractivity contribution in [2.75, 3.05) is 0 Å². The van der Waals surface area contributed by atoms with Crippen molar-refractivity contribution in [1.82, 2.24) is 0 Å². The Kier molecular flexibility index (Phi) is 4.02. The average Bonchev–Trinajstić information content (AvgIpc) is 2.40. The smallest absolute Gasteiger partial charge is 0.129 e. The highest BCUT2D eigenvalue weighted by molar-refractivity contribution is 5.31. The number of hydrogen-bond donors (Lipinski definition) is 1. The van der Waals surface area contributed by atoms with E-state index in [4.69, 9.17) is 5.73 Å². The lowest BCUT2D eigenvalue weighted by atomic mass is 9.79. The third-order valence-corrected chi connectivity index (χ3v) is 4.37. The van der Waals surface area contributed by atoms with Crippen LogP contribution < -0.4 is 5.73 Å². The van der Waals surface area contributed by atoms with Crippen LogP contribution in [0.15, 0.2) is 42.5 Å². The first-order chi connectivity index (χ1) is 10.1. The van der Waals surface area contributed by atoms with Crippen molar-refractivity contribution in [2.24, 2.45) is 5.73 Å². The third kappa shape index (κ3) is 3.13. The van der Waals surface area contributed by atoms with E-state index < -0.39 is 11.6 Å². The Bertz CT molecular complexity index is 635. The molecule has 0 heterocycles. The van der Waals surface area contributed by atoms with E-state index in [-0.39, 0.29) is 6.04 Å². The van der Waals surface area contributed by atoms with Gasteiger partial charge in [-0.05, 0) is 47.9 Å². The maximum atomic E-state index is 13.7. The van der Waals surface area contributed by atoms with E-state index in [9.17, 15) is 8.78 Å². The van der Waals surface area contributed by atoms with E-state index in [1.54, 1.807) is 0 Å². The van der Waals surface area contributed by atoms with Crippen LogP contribution >= 0.6 is 0 Å². The zero-order valence-electron chi connectivity index (χ0n) is 11.9. The molecule has 1 aliphatic rings. The van der Waals surface area contributed by atoms with Crippen LogP contribution in [0.2, 0.25) is 0 Å². The number of hydrogen-bond acceptors (Lipinski definition) is 1. The van der Waals surface area contributed by atoms with Gasteiger partial charge in [-0.3, -0.25) is 0 Å². The molecule has 1 saturated carbocycles. The SMILES string of the molecule is NC(Cc1ccc(F)cc1F)c1cccc(C2CCC2)c1. The van der Waals surface area contributed by atoms with Crippen molar-refractivity contribution in [3.63, 3.8) is 0 Å². The number of halogens is 2. The quantitative estimate of drug-likeness (QED) is 0.882. The van der Waals surface area contributed by atoms with Crippen LogP contribution in [0.5, 0.6) is 0 Å². The molecule has 1 fully saturated rings. The van der Waals surface area contributed by atoms with E-state index >= 15 is 0 Å². The minimum atomic E-state index is -0.559. The van der Waals surface area contributed by atoms with Gasteiger partial charge in [0.25, 0.3) is 0 Å². The summed E-state index contributed by atoms with van der Waals surface area (Å²) in [5, 5.41) is 0. The Labute approximate surface area is 123 Å². The summed E-state index contributed by atoms with van der Waals surface area (Å²) in [5.74, 6) is -0.433. The van der Waals surface area contributed by atoms with Gasteiger partial charge >= 0.3 is 0 Å². The van der Waals surface area contributed by atoms with Crippen molar-refractivity contribution >= 4 is 0 Å². The molecule has 0 aromatic heterocycles. The molecule has 110 valence electrons. The fourth-order valence-electron chi connectivity index (χ4n) is 2.83. The van der Waals surface area contributed by atoms with Crippen LogP contribution in [0.25, 0.3) is 0 Å². The molecular weight excluding hydrogens is 268 g/mol. The van der Waals surface area contributed by atoms with Crippen LogP contribution in [0, 0.1) is 11.6 Å². The highest BCUT2D eigenvalue weighted by Gasteiger charge is 2.20. The topological polar surface area (TPSA) is 26.0 Å². The van der Waals surface area contributed by atoms with Gasteiger partial charge in [-0.25, -0.2) is 8.78 Å². The molecule has 1 atom stereocenters. The van der Waals surface area contributed by atoms with Crippen molar-refractivity contribution in [3.8, 4) is 0 Å². The minimum absolute atomic E-state index is 0.273. The van der Waals surface area contributed by atoms with Gasteiger partial charge in [-0.15, -0.1) is 0 Å². The zero-order chi connectivity index (χ0) is 14.8. The number of benzene rings is 2. The number of rotatable bonds is 4. The summed E-state index contributed by atoms with van der Waals surface area (Å²) < 4.78 is 26.6. The predicted molar refractivity (Wildman–Crippen MR) is 80.0 cm³/mol. The molecule has 3 heteroatoms. The second-order valence-electron chi connectivity index (χ2n) is 5.84. The Morgan fingerprint density at radius 1 is 1.10 bits per heavy atom. The molecule has 0 amide bonds. The summed E-state index contributed by atoms with van der Waals surface area (Å²) in [7, 11) is 0. The Morgan fingerprint density at radius 2 is 1.90 bits per heavy atom. The first-order valence-corrected chi connectivity index (χ1v) is 7.43. The first-order valence-electron chi connectivity index (χ1n) is 7.43. The average molecular weight is 287 g/mol. The zero-order valence-corrected chi connectivity index (χ0v) is 11.9. The molecule has 1 aliphatic carbocycles. The largest absolute Gasteiger partial charge is 0.324 e. The molecule has 0 radical (unpaired) electrons. The van der Waals surface area contributed by atoms with Gasteiger partial charge in [0.1, 0.15) is 11.6 Å². The standard InChI is InChI=1S/C18H19F2N/c19-16-8-7-14(17(20)11-16)10-18(21)15-6-2-5-13(9-15)12-3-1-4-12/h2,5-9,11-12,18H,1,3-4,10,21H2. The van der Waals surface area contributed by atoms with Crippen LogP contribution in [0.1, 0.15) is 47.9 Å². The van der Waals surface area contributed by atoms with E-state index in [1.807, 2.05) is 12.1 Å². The van der Waals surface area contributed by atoms with Gasteiger partial charge < -0.3 is 5.73 Å². The fraction of sp³-hybridized carbons (Fsp3) is 0.333. The van der Waals surface area contributed by atoms with Crippen molar-refractivity contribution in [1.29, 1.82) is 0 Å². The summed E-state index contributed by atoms with van der Waals surface area (Å²) >= 11 is 0. The van der Waals surface area contributed by atoms with Gasteiger partial charge in [-0.1, -0.05) is 36.8 Å². The van der Waals surface area contributed by atoms with Gasteiger partial charge in [0.2, 0.25) is 0 Å². The molecule has 0 bridgehead atoms. The van der Waals surface area contributed by atoms with Gasteiger partial charge in [-0.2, -0.15) is 0 Å². The lowest BCUT2D eigenvalue weighted by Gasteiger charge is -2.26. The van der Waals surface area contributed by atoms with E-state index in [0.29, 0.717) is 17.9 Å². The first kappa shape index (κ1) is 14.2. The minimum Gasteiger partial charge on any atom is -0.324 e. The molecule has 21 heavy (non-hydrogen) atoms. The summed E-state index contributed by atoms with van der Waals surface area (Å²) in [6.45, 7) is 0. The van der Waals surface area contributed by atoms with Gasteiger partial charge in [0.15, 0.2) is 0 Å². The van der Waals surface area contributed by atoms with E-state index in [0.717, 1.165) is 11.6 Å². The second-order valence-corrected chi connectivity index (χ2v) is 5.84. The number of nitrogens with two attached hydrogens (primary N) is 1. The highest BCUT2D eigenvalue weighted by atomic mass is 19.1. The van der Waals surface area contributed by atoms with Crippen molar-refractivity contribution in [2.45, 2.75) is 37.6 Å². The normalized spacial score (nSPS) is 16.5. The molecular formula is C18H19F2N. The fourth-order valence-corrected chi connectivity index (χ4v) is 2.83. The molecule has 0 aliphatic heterocycles. The maximum Gasteiger partial charge on any atom is 0.129 e. The van der Waals surface area contributed by atoms with E-state index in [2.05, 4.69) is 12.1 Å². The van der Waals surface area contributed by atoms with Crippen LogP contribution in [0.4, 0.5) is 8.78 Å². The molecule has 1 unspecified atom stereocenters. The summed E-state index contributed by atoms with van der Waals surface area (Å²) in [5.41, 5.74) is 9.00. The van der Waals surface area contributed by atoms with Crippen LogP contribution in [0.3, 0.4) is 0 Å². The Balaban J connectivity index is 1.76. The van der Waals surface area contributed by atoms with Crippen molar-refractivity contribution in [3.05, 3.63) is 70.8 Å². The monoisotopic (exact) mass is 287 g/mol. The third-order valence-electron chi connectivity index (χ3n) is 4.37. The summed E-state index contributed by atoms with van der Waals surface area (Å²) in [6.07, 6.45) is 4.15. The van der Waals surface area contributed by atoms with Crippen LogP contribution in [-0.2, 0) is 6.42 Å². The summed E-state index contributed by atoms with van der Waals surface area (Å²) in [4.78, 5) is 0. The van der Waals surface area contributed by atoms with Gasteiger partial charge in [0, 0.05) is 12.1 Å². The molecule has 0 saturated heterocycles.